The Balaban J connectivity index is 3.26. The number of hydrogen-bond donors (Lipinski definition) is 3. The molecule has 4 N–H and O–H groups in total. The maximum atomic E-state index is 13.5. The molecule has 0 saturated carbocycles. The second-order valence-corrected chi connectivity index (χ2v) is 10.1. The number of hydrogen-bond acceptors (Lipinski definition) is 6. The highest BCUT2D eigenvalue weighted by Crippen LogP contribution is 2.29. The first-order chi connectivity index (χ1) is 15.5. The summed E-state index contributed by atoms with van der Waals surface area (Å²) < 4.78 is 0. The zero-order chi connectivity index (χ0) is 25.1. The van der Waals surface area contributed by atoms with Gasteiger partial charge in [0.05, 0.1) is 12.1 Å². The van der Waals surface area contributed by atoms with Crippen LogP contribution >= 0.6 is 11.3 Å². The fraction of sp³-hybridized carbons (Fsp3) is 0.750. The number of unbranched alkanes of at least 4 members (excludes halogenated alkanes) is 3. The Morgan fingerprint density at radius 1 is 1.18 bits per heavy atom. The van der Waals surface area contributed by atoms with Gasteiger partial charge in [-0.05, 0) is 24.7 Å². The van der Waals surface area contributed by atoms with Crippen molar-refractivity contribution in [1.29, 1.82) is 0 Å². The van der Waals surface area contributed by atoms with Crippen LogP contribution in [-0.2, 0) is 9.59 Å². The predicted octanol–water partition coefficient (Wildman–Crippen LogP) is 4.22. The van der Waals surface area contributed by atoms with Crippen LogP contribution in [0.2, 0.25) is 0 Å². The molecule has 1 rings (SSSR count). The van der Waals surface area contributed by atoms with E-state index in [1.165, 1.54) is 23.6 Å². The van der Waals surface area contributed by atoms with Crippen molar-refractivity contribution in [1.82, 2.24) is 15.2 Å². The number of carbonyl (C=O) groups excluding carboxylic acids is 2. The third-order valence-corrected chi connectivity index (χ3v) is 7.10. The monoisotopic (exact) mass is 482 g/mol. The third kappa shape index (κ3) is 9.04. The van der Waals surface area contributed by atoms with E-state index in [1.807, 2.05) is 18.7 Å². The summed E-state index contributed by atoms with van der Waals surface area (Å²) in [5.41, 5.74) is 6.32. The van der Waals surface area contributed by atoms with Crippen molar-refractivity contribution in [3.8, 4) is 0 Å². The van der Waals surface area contributed by atoms with Crippen LogP contribution in [0, 0.1) is 11.8 Å². The van der Waals surface area contributed by atoms with Crippen molar-refractivity contribution in [3.63, 3.8) is 0 Å². The summed E-state index contributed by atoms with van der Waals surface area (Å²) in [4.78, 5) is 42.9. The van der Waals surface area contributed by atoms with Crippen molar-refractivity contribution in [2.24, 2.45) is 17.6 Å². The van der Waals surface area contributed by atoms with Gasteiger partial charge >= 0.3 is 5.97 Å². The molecule has 0 aromatic carbocycles. The lowest BCUT2D eigenvalue weighted by Crippen LogP contribution is -2.53. The van der Waals surface area contributed by atoms with Gasteiger partial charge in [0, 0.05) is 24.9 Å². The van der Waals surface area contributed by atoms with Gasteiger partial charge in [0.2, 0.25) is 11.8 Å². The van der Waals surface area contributed by atoms with Crippen LogP contribution in [0.5, 0.6) is 0 Å². The van der Waals surface area contributed by atoms with Crippen LogP contribution in [0.1, 0.15) is 102 Å². The van der Waals surface area contributed by atoms with Crippen LogP contribution in [-0.4, -0.2) is 51.4 Å². The minimum Gasteiger partial charge on any atom is -0.476 e. The predicted molar refractivity (Wildman–Crippen MR) is 132 cm³/mol. The number of carboxylic acid groups (broad SMARTS) is 1. The Labute approximate surface area is 202 Å². The first-order valence-corrected chi connectivity index (χ1v) is 12.9. The number of aromatic carboxylic acids is 1. The van der Waals surface area contributed by atoms with Crippen molar-refractivity contribution in [3.05, 3.63) is 16.1 Å². The van der Waals surface area contributed by atoms with Gasteiger partial charge in [-0.25, -0.2) is 9.78 Å². The summed E-state index contributed by atoms with van der Waals surface area (Å²) in [6.07, 6.45) is 5.39. The Morgan fingerprint density at radius 3 is 2.33 bits per heavy atom. The summed E-state index contributed by atoms with van der Waals surface area (Å²) in [7, 11) is 0. The molecule has 1 aromatic rings. The fourth-order valence-electron chi connectivity index (χ4n) is 3.85. The molecule has 33 heavy (non-hydrogen) atoms. The standard InChI is InChI=1S/C24H42N4O4S/c1-7-9-10-11-12-28(23(30)21(25)16(5)8-2)20(15(3)4)13-18(26-17(6)29)22-27-19(14-33-22)24(31)32/h14-16,18,20-21H,7-13,25H2,1-6H3,(H,26,29)(H,31,32). The van der Waals surface area contributed by atoms with E-state index in [2.05, 4.69) is 31.1 Å². The van der Waals surface area contributed by atoms with Crippen molar-refractivity contribution in [2.45, 2.75) is 98.2 Å². The molecule has 0 saturated heterocycles. The molecule has 0 bridgehead atoms. The summed E-state index contributed by atoms with van der Waals surface area (Å²) >= 11 is 1.21. The van der Waals surface area contributed by atoms with Crippen LogP contribution < -0.4 is 11.1 Å². The number of carboxylic acids is 1. The summed E-state index contributed by atoms with van der Waals surface area (Å²) in [6.45, 7) is 12.3. The molecule has 0 aliphatic heterocycles. The second kappa shape index (κ2) is 14.3. The van der Waals surface area contributed by atoms with E-state index in [-0.39, 0.29) is 35.4 Å². The SMILES string of the molecule is CCCCCCN(C(=O)C(N)C(C)CC)C(CC(NC(C)=O)c1nc(C(=O)O)cs1)C(C)C. The van der Waals surface area contributed by atoms with E-state index in [0.717, 1.165) is 32.1 Å². The van der Waals surface area contributed by atoms with Gasteiger partial charge < -0.3 is 21.1 Å². The van der Waals surface area contributed by atoms with E-state index in [0.29, 0.717) is 18.0 Å². The number of nitrogens with one attached hydrogen (secondary N) is 1. The Morgan fingerprint density at radius 2 is 1.85 bits per heavy atom. The normalized spacial score (nSPS) is 15.0. The molecule has 1 aromatic heterocycles. The first kappa shape index (κ1) is 29.0. The number of nitrogens with two attached hydrogens (primary N) is 1. The molecular weight excluding hydrogens is 440 g/mol. The lowest BCUT2D eigenvalue weighted by Gasteiger charge is -2.39. The number of amides is 2. The third-order valence-electron chi connectivity index (χ3n) is 6.14. The molecule has 188 valence electrons. The lowest BCUT2D eigenvalue weighted by molar-refractivity contribution is -0.137. The molecule has 1 heterocycles. The van der Waals surface area contributed by atoms with Crippen LogP contribution in [0.25, 0.3) is 0 Å². The zero-order valence-electron chi connectivity index (χ0n) is 21.0. The van der Waals surface area contributed by atoms with Gasteiger partial charge in [0.25, 0.3) is 0 Å². The molecule has 0 fully saturated rings. The van der Waals surface area contributed by atoms with Gasteiger partial charge in [0.1, 0.15) is 5.01 Å². The minimum absolute atomic E-state index is 0.0438. The number of nitrogens with zero attached hydrogens (tertiary/aromatic N) is 2. The highest BCUT2D eigenvalue weighted by atomic mass is 32.1. The average Bonchev–Trinajstić information content (AvgIpc) is 3.26. The minimum atomic E-state index is -1.10. The quantitative estimate of drug-likeness (QED) is 0.321. The second-order valence-electron chi connectivity index (χ2n) is 9.18. The van der Waals surface area contributed by atoms with E-state index in [1.54, 1.807) is 0 Å². The van der Waals surface area contributed by atoms with Crippen LogP contribution in [0.15, 0.2) is 5.38 Å². The molecule has 9 heteroatoms. The lowest BCUT2D eigenvalue weighted by atomic mass is 9.92. The maximum Gasteiger partial charge on any atom is 0.355 e. The van der Waals surface area contributed by atoms with E-state index < -0.39 is 18.1 Å². The molecular formula is C24H42N4O4S. The summed E-state index contributed by atoms with van der Waals surface area (Å²) in [5.74, 6) is -1.23. The Bertz CT molecular complexity index is 767. The fourth-order valence-corrected chi connectivity index (χ4v) is 4.71. The number of rotatable bonds is 15. The molecule has 2 amide bonds. The van der Waals surface area contributed by atoms with Crippen molar-refractivity contribution < 1.29 is 19.5 Å². The maximum absolute atomic E-state index is 13.5. The Kier molecular flexibility index (Phi) is 12.6. The average molecular weight is 483 g/mol. The van der Waals surface area contributed by atoms with Gasteiger partial charge in [-0.15, -0.1) is 11.3 Å². The number of thiazole rings is 1. The number of aromatic nitrogens is 1. The molecule has 4 unspecified atom stereocenters. The highest BCUT2D eigenvalue weighted by Gasteiger charge is 2.34. The van der Waals surface area contributed by atoms with Crippen LogP contribution in [0.3, 0.4) is 0 Å². The van der Waals surface area contributed by atoms with E-state index in [4.69, 9.17) is 5.73 Å². The first-order valence-electron chi connectivity index (χ1n) is 12.0. The van der Waals surface area contributed by atoms with E-state index >= 15 is 0 Å². The molecule has 0 radical (unpaired) electrons. The van der Waals surface area contributed by atoms with Gasteiger partial charge in [-0.3, -0.25) is 9.59 Å². The Hall–Kier alpha value is -2.00. The van der Waals surface area contributed by atoms with Crippen molar-refractivity contribution >= 4 is 29.1 Å². The van der Waals surface area contributed by atoms with Crippen LogP contribution in [0.4, 0.5) is 0 Å². The van der Waals surface area contributed by atoms with Gasteiger partial charge in [0.15, 0.2) is 5.69 Å². The highest BCUT2D eigenvalue weighted by molar-refractivity contribution is 7.09. The smallest absolute Gasteiger partial charge is 0.355 e. The topological polar surface area (TPSA) is 126 Å². The van der Waals surface area contributed by atoms with Gasteiger partial charge in [-0.1, -0.05) is 60.3 Å². The van der Waals surface area contributed by atoms with E-state index in [9.17, 15) is 19.5 Å². The number of carbonyl (C=O) groups is 3. The molecule has 0 spiro atoms. The molecule has 4 atom stereocenters. The molecule has 0 aliphatic rings. The van der Waals surface area contributed by atoms with Gasteiger partial charge in [-0.2, -0.15) is 0 Å². The summed E-state index contributed by atoms with van der Waals surface area (Å²) in [6, 6.07) is -1.25. The summed E-state index contributed by atoms with van der Waals surface area (Å²) in [5, 5.41) is 14.2. The van der Waals surface area contributed by atoms with Crippen molar-refractivity contribution in [2.75, 3.05) is 6.54 Å². The zero-order valence-corrected chi connectivity index (χ0v) is 21.8. The largest absolute Gasteiger partial charge is 0.476 e. The molecule has 8 nitrogen and oxygen atoms in total. The molecule has 0 aliphatic carbocycles.